The quantitative estimate of drug-likeness (QED) is 0.341. The van der Waals surface area contributed by atoms with E-state index in [1.807, 2.05) is 55.5 Å². The zero-order valence-electron chi connectivity index (χ0n) is 19.2. The van der Waals surface area contributed by atoms with Crippen molar-refractivity contribution in [2.45, 2.75) is 11.8 Å². The number of aromatic nitrogens is 3. The lowest BCUT2D eigenvalue weighted by Crippen LogP contribution is -2.15. The standard InChI is InChI=1S/C27H21N5O3S/c1-18-6-4-7-19(16-18)25-17-23(22-8-2-3-9-24(22)31-25)26(33)30-20-10-12-21(13-11-20)36(34,35)32-27-28-14-5-15-29-27/h2-17H,1H3,(H,30,33)(H,28,29,32). The number of para-hydroxylation sites is 1. The maximum absolute atomic E-state index is 13.3. The third-order valence-electron chi connectivity index (χ3n) is 5.49. The van der Waals surface area contributed by atoms with E-state index in [1.165, 1.54) is 36.7 Å². The summed E-state index contributed by atoms with van der Waals surface area (Å²) in [6.45, 7) is 2.00. The second-order valence-corrected chi connectivity index (χ2v) is 9.78. The van der Waals surface area contributed by atoms with Crippen molar-refractivity contribution in [3.05, 3.63) is 108 Å². The number of nitrogens with one attached hydrogen (secondary N) is 2. The molecule has 0 unspecified atom stereocenters. The topological polar surface area (TPSA) is 114 Å². The lowest BCUT2D eigenvalue weighted by atomic mass is 10.0. The normalized spacial score (nSPS) is 11.2. The number of carbonyl (C=O) groups excluding carboxylic acids is 1. The second-order valence-electron chi connectivity index (χ2n) is 8.10. The van der Waals surface area contributed by atoms with Gasteiger partial charge >= 0.3 is 0 Å². The molecular weight excluding hydrogens is 474 g/mol. The maximum Gasteiger partial charge on any atom is 0.264 e. The number of carbonyl (C=O) groups is 1. The number of amides is 1. The Morgan fingerprint density at radius 2 is 1.58 bits per heavy atom. The number of hydrogen-bond acceptors (Lipinski definition) is 6. The van der Waals surface area contributed by atoms with Gasteiger partial charge in [0.2, 0.25) is 5.95 Å². The van der Waals surface area contributed by atoms with Gasteiger partial charge < -0.3 is 5.32 Å². The Hall–Kier alpha value is -4.63. The number of pyridine rings is 1. The first-order chi connectivity index (χ1) is 17.4. The van der Waals surface area contributed by atoms with Crippen LogP contribution in [-0.2, 0) is 10.0 Å². The van der Waals surface area contributed by atoms with Gasteiger partial charge in [-0.3, -0.25) is 4.79 Å². The molecule has 8 nitrogen and oxygen atoms in total. The summed E-state index contributed by atoms with van der Waals surface area (Å²) in [6, 6.07) is 24.6. The average Bonchev–Trinajstić information content (AvgIpc) is 2.88. The molecular formula is C27H21N5O3S. The monoisotopic (exact) mass is 495 g/mol. The molecule has 178 valence electrons. The molecule has 0 aliphatic carbocycles. The van der Waals surface area contributed by atoms with Crippen LogP contribution in [0.4, 0.5) is 11.6 Å². The number of hydrogen-bond donors (Lipinski definition) is 2. The fraction of sp³-hybridized carbons (Fsp3) is 0.0370. The van der Waals surface area contributed by atoms with Gasteiger partial charge in [-0.2, -0.15) is 0 Å². The van der Waals surface area contributed by atoms with Crippen molar-refractivity contribution in [3.63, 3.8) is 0 Å². The number of rotatable bonds is 6. The molecule has 5 aromatic rings. The van der Waals surface area contributed by atoms with E-state index in [0.29, 0.717) is 22.5 Å². The first-order valence-corrected chi connectivity index (χ1v) is 12.6. The molecule has 0 spiro atoms. The first-order valence-electron chi connectivity index (χ1n) is 11.1. The summed E-state index contributed by atoms with van der Waals surface area (Å²) in [5, 5.41) is 3.58. The van der Waals surface area contributed by atoms with Gasteiger partial charge in [-0.15, -0.1) is 0 Å². The van der Waals surface area contributed by atoms with E-state index >= 15 is 0 Å². The molecule has 0 saturated heterocycles. The molecule has 2 N–H and O–H groups in total. The predicted molar refractivity (Wildman–Crippen MR) is 139 cm³/mol. The van der Waals surface area contributed by atoms with E-state index < -0.39 is 10.0 Å². The fourth-order valence-corrected chi connectivity index (χ4v) is 4.72. The highest BCUT2D eigenvalue weighted by Gasteiger charge is 2.17. The van der Waals surface area contributed by atoms with E-state index in [2.05, 4.69) is 20.0 Å². The Labute approximate surface area is 208 Å². The number of aryl methyl sites for hydroxylation is 1. The molecule has 1 amide bonds. The van der Waals surface area contributed by atoms with Gasteiger partial charge in [-0.1, -0.05) is 42.0 Å². The van der Waals surface area contributed by atoms with Crippen molar-refractivity contribution in [2.24, 2.45) is 0 Å². The van der Waals surface area contributed by atoms with Gasteiger partial charge in [0, 0.05) is 29.0 Å². The number of fused-ring (bicyclic) bond motifs is 1. The highest BCUT2D eigenvalue weighted by atomic mass is 32.2. The van der Waals surface area contributed by atoms with Crippen molar-refractivity contribution < 1.29 is 13.2 Å². The molecule has 2 heterocycles. The van der Waals surface area contributed by atoms with Crippen molar-refractivity contribution in [1.29, 1.82) is 0 Å². The van der Waals surface area contributed by atoms with Gasteiger partial charge in [-0.05, 0) is 55.5 Å². The molecule has 2 aromatic heterocycles. The number of nitrogens with zero attached hydrogens (tertiary/aromatic N) is 3. The van der Waals surface area contributed by atoms with E-state index in [1.54, 1.807) is 12.1 Å². The van der Waals surface area contributed by atoms with Crippen LogP contribution in [0.1, 0.15) is 15.9 Å². The van der Waals surface area contributed by atoms with Gasteiger partial charge in [0.05, 0.1) is 21.7 Å². The molecule has 5 rings (SSSR count). The van der Waals surface area contributed by atoms with Gasteiger partial charge in [0.25, 0.3) is 15.9 Å². The number of benzene rings is 3. The summed E-state index contributed by atoms with van der Waals surface area (Å²) in [6.07, 6.45) is 2.88. The van der Waals surface area contributed by atoms with Crippen molar-refractivity contribution in [2.75, 3.05) is 10.0 Å². The van der Waals surface area contributed by atoms with Crippen molar-refractivity contribution in [3.8, 4) is 11.3 Å². The minimum Gasteiger partial charge on any atom is -0.322 e. The summed E-state index contributed by atoms with van der Waals surface area (Å²) < 4.78 is 27.5. The lowest BCUT2D eigenvalue weighted by Gasteiger charge is -2.12. The van der Waals surface area contributed by atoms with Crippen LogP contribution in [0.25, 0.3) is 22.2 Å². The van der Waals surface area contributed by atoms with Crippen molar-refractivity contribution >= 4 is 38.5 Å². The molecule has 0 bridgehead atoms. The fourth-order valence-electron chi connectivity index (χ4n) is 3.76. The number of anilines is 2. The third kappa shape index (κ3) is 4.91. The molecule has 3 aromatic carbocycles. The summed E-state index contributed by atoms with van der Waals surface area (Å²) in [5.41, 5.74) is 4.33. The third-order valence-corrected chi connectivity index (χ3v) is 6.83. The Morgan fingerprint density at radius 1 is 0.833 bits per heavy atom. The first kappa shape index (κ1) is 23.1. The average molecular weight is 496 g/mol. The smallest absolute Gasteiger partial charge is 0.264 e. The summed E-state index contributed by atoms with van der Waals surface area (Å²) in [4.78, 5) is 25.8. The Balaban J connectivity index is 1.42. The predicted octanol–water partition coefficient (Wildman–Crippen LogP) is 5.05. The zero-order valence-corrected chi connectivity index (χ0v) is 20.0. The van der Waals surface area contributed by atoms with Crippen LogP contribution in [0.2, 0.25) is 0 Å². The number of sulfonamides is 1. The van der Waals surface area contributed by atoms with Crippen molar-refractivity contribution in [1.82, 2.24) is 15.0 Å². The molecule has 36 heavy (non-hydrogen) atoms. The molecule has 0 fully saturated rings. The van der Waals surface area contributed by atoms with E-state index in [4.69, 9.17) is 4.98 Å². The summed E-state index contributed by atoms with van der Waals surface area (Å²) in [5.74, 6) is -0.349. The van der Waals surface area contributed by atoms with Gasteiger partial charge in [0.1, 0.15) is 0 Å². The Bertz CT molecular complexity index is 1670. The summed E-state index contributed by atoms with van der Waals surface area (Å²) >= 11 is 0. The molecule has 0 aliphatic rings. The molecule has 0 atom stereocenters. The SMILES string of the molecule is Cc1cccc(-c2cc(C(=O)Nc3ccc(S(=O)(=O)Nc4ncccn4)cc3)c3ccccc3n2)c1. The van der Waals surface area contributed by atoms with Crippen LogP contribution in [-0.4, -0.2) is 29.3 Å². The van der Waals surface area contributed by atoms with E-state index in [9.17, 15) is 13.2 Å². The molecule has 0 aliphatic heterocycles. The van der Waals surface area contributed by atoms with E-state index in [-0.39, 0.29) is 16.8 Å². The van der Waals surface area contributed by atoms with Crippen LogP contribution in [0.5, 0.6) is 0 Å². The molecule has 9 heteroatoms. The van der Waals surface area contributed by atoms with Crippen LogP contribution in [0, 0.1) is 6.92 Å². The van der Waals surface area contributed by atoms with Gasteiger partial charge in [0.15, 0.2) is 0 Å². The largest absolute Gasteiger partial charge is 0.322 e. The minimum atomic E-state index is -3.88. The molecule has 0 saturated carbocycles. The highest BCUT2D eigenvalue weighted by Crippen LogP contribution is 2.26. The van der Waals surface area contributed by atoms with Gasteiger partial charge in [-0.25, -0.2) is 28.1 Å². The van der Waals surface area contributed by atoms with Crippen LogP contribution < -0.4 is 10.0 Å². The Kier molecular flexibility index (Phi) is 6.14. The minimum absolute atomic E-state index is 0.0176. The second kappa shape index (κ2) is 9.55. The zero-order chi connectivity index (χ0) is 25.1. The lowest BCUT2D eigenvalue weighted by molar-refractivity contribution is 0.102. The Morgan fingerprint density at radius 3 is 2.33 bits per heavy atom. The van der Waals surface area contributed by atoms with Crippen LogP contribution in [0.15, 0.2) is 102 Å². The van der Waals surface area contributed by atoms with E-state index in [0.717, 1.165) is 16.5 Å². The highest BCUT2D eigenvalue weighted by molar-refractivity contribution is 7.92. The van der Waals surface area contributed by atoms with Crippen LogP contribution in [0.3, 0.4) is 0 Å². The maximum atomic E-state index is 13.3. The summed E-state index contributed by atoms with van der Waals surface area (Å²) in [7, 11) is -3.88. The van der Waals surface area contributed by atoms with Crippen LogP contribution >= 0.6 is 0 Å². The molecule has 0 radical (unpaired) electrons.